The van der Waals surface area contributed by atoms with Crippen LogP contribution in [0.1, 0.15) is 18.1 Å². The van der Waals surface area contributed by atoms with Gasteiger partial charge in [-0.3, -0.25) is 4.79 Å². The van der Waals surface area contributed by atoms with E-state index in [0.29, 0.717) is 6.42 Å². The molecule has 18 heavy (non-hydrogen) atoms. The lowest BCUT2D eigenvalue weighted by Crippen LogP contribution is -2.32. The van der Waals surface area contributed by atoms with Crippen LogP contribution in [0.5, 0.6) is 0 Å². The highest BCUT2D eigenvalue weighted by atomic mass is 19.4. The molecule has 0 saturated carbocycles. The third-order valence-electron chi connectivity index (χ3n) is 2.40. The standard InChI is InChI=1S/C13H14F3NO/c1-3-12(18)17-9(2)8-10-4-6-11(7-5-10)13(14,15)16/h3-7,9H,1,8H2,2H3,(H,17,18)/t9-/m0/s1. The average Bonchev–Trinajstić information content (AvgIpc) is 2.28. The molecule has 0 aliphatic carbocycles. The third kappa shape index (κ3) is 4.24. The van der Waals surface area contributed by atoms with Crippen molar-refractivity contribution in [3.8, 4) is 0 Å². The number of halogens is 3. The van der Waals surface area contributed by atoms with Crippen LogP contribution in [0, 0.1) is 0 Å². The molecule has 0 spiro atoms. The van der Waals surface area contributed by atoms with Gasteiger partial charge in [-0.25, -0.2) is 0 Å². The molecule has 0 aromatic heterocycles. The third-order valence-corrected chi connectivity index (χ3v) is 2.40. The molecule has 0 fully saturated rings. The van der Waals surface area contributed by atoms with Gasteiger partial charge in [0.2, 0.25) is 5.91 Å². The largest absolute Gasteiger partial charge is 0.416 e. The first-order valence-electron chi connectivity index (χ1n) is 5.42. The molecule has 1 atom stereocenters. The molecule has 98 valence electrons. The fourth-order valence-corrected chi connectivity index (χ4v) is 1.54. The van der Waals surface area contributed by atoms with Crippen molar-refractivity contribution in [3.63, 3.8) is 0 Å². The first kappa shape index (κ1) is 14.3. The molecular formula is C13H14F3NO. The fourth-order valence-electron chi connectivity index (χ4n) is 1.54. The van der Waals surface area contributed by atoms with Gasteiger partial charge in [0.05, 0.1) is 5.56 Å². The Balaban J connectivity index is 2.64. The zero-order valence-corrected chi connectivity index (χ0v) is 9.92. The summed E-state index contributed by atoms with van der Waals surface area (Å²) in [6.45, 7) is 5.10. The minimum absolute atomic E-state index is 0.160. The second-order valence-corrected chi connectivity index (χ2v) is 4.01. The molecule has 1 aromatic carbocycles. The smallest absolute Gasteiger partial charge is 0.350 e. The first-order chi connectivity index (χ1) is 8.32. The number of hydrogen-bond acceptors (Lipinski definition) is 1. The number of rotatable bonds is 4. The predicted molar refractivity (Wildman–Crippen MR) is 62.9 cm³/mol. The summed E-state index contributed by atoms with van der Waals surface area (Å²) in [6.07, 6.45) is -2.69. The Morgan fingerprint density at radius 2 is 1.94 bits per heavy atom. The Morgan fingerprint density at radius 1 is 1.39 bits per heavy atom. The molecule has 0 saturated heterocycles. The van der Waals surface area contributed by atoms with Crippen LogP contribution in [0.25, 0.3) is 0 Å². The Morgan fingerprint density at radius 3 is 2.39 bits per heavy atom. The van der Waals surface area contributed by atoms with E-state index in [1.54, 1.807) is 6.92 Å². The number of benzene rings is 1. The molecule has 0 unspecified atom stereocenters. The average molecular weight is 257 g/mol. The molecule has 0 aliphatic heterocycles. The lowest BCUT2D eigenvalue weighted by molar-refractivity contribution is -0.137. The van der Waals surface area contributed by atoms with Crippen LogP contribution in [-0.2, 0) is 17.4 Å². The van der Waals surface area contributed by atoms with Gasteiger partial charge in [0.1, 0.15) is 0 Å². The molecule has 0 heterocycles. The Bertz CT molecular complexity index is 423. The van der Waals surface area contributed by atoms with E-state index in [9.17, 15) is 18.0 Å². The topological polar surface area (TPSA) is 29.1 Å². The van der Waals surface area contributed by atoms with Crippen molar-refractivity contribution < 1.29 is 18.0 Å². The number of amides is 1. The minimum atomic E-state index is -4.32. The highest BCUT2D eigenvalue weighted by Crippen LogP contribution is 2.29. The maximum Gasteiger partial charge on any atom is 0.416 e. The highest BCUT2D eigenvalue weighted by Gasteiger charge is 2.29. The summed E-state index contributed by atoms with van der Waals surface area (Å²) in [6, 6.07) is 4.75. The van der Waals surface area contributed by atoms with Crippen LogP contribution >= 0.6 is 0 Å². The van der Waals surface area contributed by atoms with Gasteiger partial charge in [0.25, 0.3) is 0 Å². The molecule has 1 N–H and O–H groups in total. The summed E-state index contributed by atoms with van der Waals surface area (Å²) < 4.78 is 37.0. The van der Waals surface area contributed by atoms with Gasteiger partial charge >= 0.3 is 6.18 Å². The normalized spacial score (nSPS) is 12.9. The Labute approximate surface area is 104 Å². The van der Waals surface area contributed by atoms with Crippen molar-refractivity contribution in [1.82, 2.24) is 5.32 Å². The Hall–Kier alpha value is -1.78. The van der Waals surface area contributed by atoms with Gasteiger partial charge in [-0.05, 0) is 37.1 Å². The summed E-state index contributed by atoms with van der Waals surface area (Å²) in [7, 11) is 0. The van der Waals surface area contributed by atoms with E-state index < -0.39 is 11.7 Å². The van der Waals surface area contributed by atoms with Crippen molar-refractivity contribution in [3.05, 3.63) is 48.0 Å². The predicted octanol–water partition coefficient (Wildman–Crippen LogP) is 2.94. The van der Waals surface area contributed by atoms with E-state index in [4.69, 9.17) is 0 Å². The van der Waals surface area contributed by atoms with Gasteiger partial charge in [0, 0.05) is 6.04 Å². The van der Waals surface area contributed by atoms with Crippen molar-refractivity contribution >= 4 is 5.91 Å². The van der Waals surface area contributed by atoms with Crippen molar-refractivity contribution in [2.45, 2.75) is 25.6 Å². The molecule has 0 radical (unpaired) electrons. The van der Waals surface area contributed by atoms with Crippen molar-refractivity contribution in [1.29, 1.82) is 0 Å². The lowest BCUT2D eigenvalue weighted by Gasteiger charge is -2.13. The Kier molecular flexibility index (Phi) is 4.53. The molecule has 2 nitrogen and oxygen atoms in total. The van der Waals surface area contributed by atoms with E-state index in [-0.39, 0.29) is 11.9 Å². The minimum Gasteiger partial charge on any atom is -0.350 e. The summed E-state index contributed by atoms with van der Waals surface area (Å²) in [5.41, 5.74) is 0.0638. The second-order valence-electron chi connectivity index (χ2n) is 4.01. The van der Waals surface area contributed by atoms with Gasteiger partial charge in [0.15, 0.2) is 0 Å². The van der Waals surface area contributed by atoms with Gasteiger partial charge in [-0.2, -0.15) is 13.2 Å². The van der Waals surface area contributed by atoms with E-state index in [2.05, 4.69) is 11.9 Å². The lowest BCUT2D eigenvalue weighted by atomic mass is 10.0. The number of nitrogens with one attached hydrogen (secondary N) is 1. The fraction of sp³-hybridized carbons (Fsp3) is 0.308. The number of carbonyl (C=O) groups excluding carboxylic acids is 1. The molecule has 1 amide bonds. The number of carbonyl (C=O) groups is 1. The SMILES string of the molecule is C=CC(=O)N[C@@H](C)Cc1ccc(C(F)(F)F)cc1. The van der Waals surface area contributed by atoms with E-state index in [1.165, 1.54) is 12.1 Å². The summed E-state index contributed by atoms with van der Waals surface area (Å²) in [5.74, 6) is -0.297. The zero-order chi connectivity index (χ0) is 13.8. The summed E-state index contributed by atoms with van der Waals surface area (Å²) in [5, 5.41) is 2.64. The van der Waals surface area contributed by atoms with E-state index in [0.717, 1.165) is 23.8 Å². The molecule has 0 bridgehead atoms. The van der Waals surface area contributed by atoms with Crippen molar-refractivity contribution in [2.75, 3.05) is 0 Å². The molecule has 1 rings (SSSR count). The first-order valence-corrected chi connectivity index (χ1v) is 5.42. The quantitative estimate of drug-likeness (QED) is 0.825. The monoisotopic (exact) mass is 257 g/mol. The maximum absolute atomic E-state index is 12.3. The van der Waals surface area contributed by atoms with Crippen LogP contribution in [0.15, 0.2) is 36.9 Å². The highest BCUT2D eigenvalue weighted by molar-refractivity contribution is 5.87. The van der Waals surface area contributed by atoms with Gasteiger partial charge < -0.3 is 5.32 Å². The van der Waals surface area contributed by atoms with Crippen molar-refractivity contribution in [2.24, 2.45) is 0 Å². The van der Waals surface area contributed by atoms with Crippen LogP contribution in [0.2, 0.25) is 0 Å². The van der Waals surface area contributed by atoms with E-state index >= 15 is 0 Å². The van der Waals surface area contributed by atoms with Crippen LogP contribution in [0.4, 0.5) is 13.2 Å². The van der Waals surface area contributed by atoms with Crippen LogP contribution < -0.4 is 5.32 Å². The number of alkyl halides is 3. The molecule has 0 aliphatic rings. The van der Waals surface area contributed by atoms with Gasteiger partial charge in [-0.15, -0.1) is 0 Å². The molecular weight excluding hydrogens is 243 g/mol. The van der Waals surface area contributed by atoms with Crippen LogP contribution in [0.3, 0.4) is 0 Å². The van der Waals surface area contributed by atoms with Crippen LogP contribution in [-0.4, -0.2) is 11.9 Å². The summed E-state index contributed by atoms with van der Waals surface area (Å²) in [4.78, 5) is 11.0. The molecule has 5 heteroatoms. The summed E-state index contributed by atoms with van der Waals surface area (Å²) >= 11 is 0. The maximum atomic E-state index is 12.3. The molecule has 1 aromatic rings. The zero-order valence-electron chi connectivity index (χ0n) is 9.92. The van der Waals surface area contributed by atoms with E-state index in [1.807, 2.05) is 0 Å². The van der Waals surface area contributed by atoms with Gasteiger partial charge in [-0.1, -0.05) is 18.7 Å². The second kappa shape index (κ2) is 5.71. The number of hydrogen-bond donors (Lipinski definition) is 1.